The summed E-state index contributed by atoms with van der Waals surface area (Å²) in [6.07, 6.45) is 1.13. The number of nitrogens with zero attached hydrogens (tertiary/aromatic N) is 1. The lowest BCUT2D eigenvalue weighted by atomic mass is 9.77. The second-order valence-corrected chi connectivity index (χ2v) is 5.65. The van der Waals surface area contributed by atoms with E-state index in [1.54, 1.807) is 0 Å². The molecule has 1 aliphatic rings. The summed E-state index contributed by atoms with van der Waals surface area (Å²) in [4.78, 5) is 10.5. The molecule has 0 aromatic heterocycles. The minimum absolute atomic E-state index is 0.265. The fraction of sp³-hybridized carbons (Fsp3) is 0.818. The van der Waals surface area contributed by atoms with Crippen LogP contribution in [0.4, 0.5) is 4.79 Å². The van der Waals surface area contributed by atoms with Crippen LogP contribution in [-0.4, -0.2) is 11.7 Å². The van der Waals surface area contributed by atoms with E-state index in [0.29, 0.717) is 11.3 Å². The molecule has 1 aliphatic carbocycles. The van der Waals surface area contributed by atoms with Gasteiger partial charge in [-0.2, -0.15) is 5.10 Å². The Balaban J connectivity index is 2.64. The Bertz CT molecular complexity index is 303. The van der Waals surface area contributed by atoms with Gasteiger partial charge in [0.05, 0.1) is 0 Å². The molecule has 0 aromatic rings. The summed E-state index contributed by atoms with van der Waals surface area (Å²) < 4.78 is 0. The van der Waals surface area contributed by atoms with Crippen LogP contribution in [0.2, 0.25) is 0 Å². The number of carbonyl (C=O) groups excluding carboxylic acids is 1. The quantitative estimate of drug-likeness (QED) is 0.533. The maximum Gasteiger partial charge on any atom is 0.332 e. The average Bonchev–Trinajstić information content (AvgIpc) is 2.74. The van der Waals surface area contributed by atoms with E-state index >= 15 is 0 Å². The maximum absolute atomic E-state index is 10.5. The Morgan fingerprint density at radius 3 is 2.40 bits per heavy atom. The lowest BCUT2D eigenvalue weighted by Gasteiger charge is -2.28. The van der Waals surface area contributed by atoms with Gasteiger partial charge >= 0.3 is 6.03 Å². The highest BCUT2D eigenvalue weighted by Gasteiger charge is 2.58. The SMILES string of the molecule is C/C(=N\NC(N)=O)[C@H]1C[C@]1(C)C(C)(C)C. The van der Waals surface area contributed by atoms with Crippen LogP contribution in [0.1, 0.15) is 41.0 Å². The van der Waals surface area contributed by atoms with Crippen LogP contribution in [0.15, 0.2) is 5.10 Å². The van der Waals surface area contributed by atoms with Crippen LogP contribution in [0.3, 0.4) is 0 Å². The van der Waals surface area contributed by atoms with Crippen molar-refractivity contribution in [2.24, 2.45) is 27.6 Å². The summed E-state index contributed by atoms with van der Waals surface area (Å²) in [5.41, 5.74) is 8.76. The van der Waals surface area contributed by atoms with Crippen LogP contribution in [0.5, 0.6) is 0 Å². The van der Waals surface area contributed by atoms with Gasteiger partial charge in [0.1, 0.15) is 0 Å². The first-order valence-corrected chi connectivity index (χ1v) is 5.28. The molecule has 4 nitrogen and oxygen atoms in total. The number of nitrogens with one attached hydrogen (secondary N) is 1. The topological polar surface area (TPSA) is 67.5 Å². The van der Waals surface area contributed by atoms with Gasteiger partial charge < -0.3 is 5.73 Å². The van der Waals surface area contributed by atoms with Crippen molar-refractivity contribution in [1.82, 2.24) is 5.43 Å². The Morgan fingerprint density at radius 2 is 2.07 bits per heavy atom. The van der Waals surface area contributed by atoms with Gasteiger partial charge in [0.15, 0.2) is 0 Å². The Labute approximate surface area is 91.3 Å². The van der Waals surface area contributed by atoms with E-state index in [1.807, 2.05) is 6.92 Å². The monoisotopic (exact) mass is 211 g/mol. The van der Waals surface area contributed by atoms with E-state index in [-0.39, 0.29) is 5.41 Å². The van der Waals surface area contributed by atoms with E-state index in [9.17, 15) is 4.79 Å². The molecule has 1 fully saturated rings. The number of carbonyl (C=O) groups is 1. The van der Waals surface area contributed by atoms with Crippen molar-refractivity contribution in [2.75, 3.05) is 0 Å². The Kier molecular flexibility index (Phi) is 2.81. The van der Waals surface area contributed by atoms with Gasteiger partial charge in [-0.05, 0) is 24.2 Å². The van der Waals surface area contributed by atoms with Crippen molar-refractivity contribution < 1.29 is 4.79 Å². The molecule has 15 heavy (non-hydrogen) atoms. The van der Waals surface area contributed by atoms with Gasteiger partial charge in [0.25, 0.3) is 0 Å². The van der Waals surface area contributed by atoms with Crippen LogP contribution in [0.25, 0.3) is 0 Å². The molecule has 4 heteroatoms. The van der Waals surface area contributed by atoms with Crippen molar-refractivity contribution in [3.05, 3.63) is 0 Å². The zero-order valence-electron chi connectivity index (χ0n) is 10.2. The van der Waals surface area contributed by atoms with Crippen molar-refractivity contribution in [1.29, 1.82) is 0 Å². The van der Waals surface area contributed by atoms with Crippen LogP contribution >= 0.6 is 0 Å². The summed E-state index contributed by atoms with van der Waals surface area (Å²) in [5.74, 6) is 0.462. The predicted molar refractivity (Wildman–Crippen MR) is 61.5 cm³/mol. The highest BCUT2D eigenvalue weighted by Crippen LogP contribution is 2.63. The van der Waals surface area contributed by atoms with Crippen molar-refractivity contribution >= 4 is 11.7 Å². The molecule has 0 aliphatic heterocycles. The number of hydrogen-bond acceptors (Lipinski definition) is 2. The lowest BCUT2D eigenvalue weighted by Crippen LogP contribution is -2.27. The van der Waals surface area contributed by atoms with Gasteiger partial charge in [-0.15, -0.1) is 0 Å². The summed E-state index contributed by atoms with van der Waals surface area (Å²) in [7, 11) is 0. The molecule has 3 N–H and O–H groups in total. The number of hydrazone groups is 1. The number of rotatable bonds is 2. The first-order valence-electron chi connectivity index (χ1n) is 5.28. The fourth-order valence-electron chi connectivity index (χ4n) is 2.02. The van der Waals surface area contributed by atoms with Crippen LogP contribution in [-0.2, 0) is 0 Å². The molecular weight excluding hydrogens is 190 g/mol. The third-order valence-corrected chi connectivity index (χ3v) is 3.80. The van der Waals surface area contributed by atoms with E-state index in [0.717, 1.165) is 12.1 Å². The smallest absolute Gasteiger partial charge is 0.332 e. The Hall–Kier alpha value is -1.06. The highest BCUT2D eigenvalue weighted by molar-refractivity contribution is 5.89. The van der Waals surface area contributed by atoms with Gasteiger partial charge in [-0.3, -0.25) is 0 Å². The average molecular weight is 211 g/mol. The van der Waals surface area contributed by atoms with Gasteiger partial charge in [0, 0.05) is 11.6 Å². The minimum atomic E-state index is -0.604. The number of urea groups is 1. The molecular formula is C11H21N3O. The number of primary amides is 1. The standard InChI is InChI=1S/C11H21N3O/c1-7(13-14-9(12)15)8-6-11(8,5)10(2,3)4/h8H,6H2,1-5H3,(H3,12,14,15)/b13-7+/t8-,11+/m1/s1. The number of hydrogen-bond donors (Lipinski definition) is 2. The molecule has 2 atom stereocenters. The molecule has 0 radical (unpaired) electrons. The van der Waals surface area contributed by atoms with E-state index in [1.165, 1.54) is 0 Å². The normalized spacial score (nSPS) is 31.3. The molecule has 0 unspecified atom stereocenters. The molecule has 1 saturated carbocycles. The van der Waals surface area contributed by atoms with Crippen molar-refractivity contribution in [2.45, 2.75) is 41.0 Å². The molecule has 0 bridgehead atoms. The number of nitrogens with two attached hydrogens (primary N) is 1. The van der Waals surface area contributed by atoms with E-state index in [2.05, 4.69) is 38.2 Å². The summed E-state index contributed by atoms with van der Waals surface area (Å²) in [5, 5.41) is 3.99. The maximum atomic E-state index is 10.5. The molecule has 0 saturated heterocycles. The predicted octanol–water partition coefficient (Wildman–Crippen LogP) is 2.10. The zero-order valence-corrected chi connectivity index (χ0v) is 10.2. The van der Waals surface area contributed by atoms with E-state index in [4.69, 9.17) is 5.73 Å². The first kappa shape index (κ1) is 12.0. The molecule has 1 rings (SSSR count). The van der Waals surface area contributed by atoms with Gasteiger partial charge in [-0.25, -0.2) is 10.2 Å². The van der Waals surface area contributed by atoms with Gasteiger partial charge in [-0.1, -0.05) is 27.7 Å². The molecule has 0 aromatic carbocycles. The molecule has 0 heterocycles. The van der Waals surface area contributed by atoms with Gasteiger partial charge in [0.2, 0.25) is 0 Å². The van der Waals surface area contributed by atoms with E-state index < -0.39 is 6.03 Å². The first-order chi connectivity index (χ1) is 6.68. The van der Waals surface area contributed by atoms with Crippen LogP contribution < -0.4 is 11.2 Å². The minimum Gasteiger partial charge on any atom is -0.350 e. The van der Waals surface area contributed by atoms with Crippen LogP contribution in [0, 0.1) is 16.7 Å². The van der Waals surface area contributed by atoms with Crippen molar-refractivity contribution in [3.63, 3.8) is 0 Å². The highest BCUT2D eigenvalue weighted by atomic mass is 16.2. The third-order valence-electron chi connectivity index (χ3n) is 3.80. The fourth-order valence-corrected chi connectivity index (χ4v) is 2.02. The van der Waals surface area contributed by atoms with Crippen molar-refractivity contribution in [3.8, 4) is 0 Å². The summed E-state index contributed by atoms with van der Waals surface area (Å²) in [6.45, 7) is 10.9. The molecule has 86 valence electrons. The number of amides is 2. The second kappa shape index (κ2) is 3.51. The lowest BCUT2D eigenvalue weighted by molar-refractivity contribution is 0.226. The third kappa shape index (κ3) is 2.30. The second-order valence-electron chi connectivity index (χ2n) is 5.65. The molecule has 0 spiro atoms. The summed E-state index contributed by atoms with van der Waals surface area (Å²) in [6, 6.07) is -0.604. The zero-order chi connectivity index (χ0) is 11.9. The Morgan fingerprint density at radius 1 is 1.53 bits per heavy atom. The largest absolute Gasteiger partial charge is 0.350 e. The molecule has 2 amide bonds. The summed E-state index contributed by atoms with van der Waals surface area (Å²) >= 11 is 0.